The van der Waals surface area contributed by atoms with E-state index in [2.05, 4.69) is 10.6 Å². The molecule has 11 heteroatoms. The lowest BCUT2D eigenvalue weighted by Gasteiger charge is -2.38. The number of carbonyl (C=O) groups excluding carboxylic acids is 2. The highest BCUT2D eigenvalue weighted by molar-refractivity contribution is 5.91. The van der Waals surface area contributed by atoms with E-state index in [1.54, 1.807) is 12.1 Å². The van der Waals surface area contributed by atoms with Gasteiger partial charge in [-0.15, -0.1) is 0 Å². The summed E-state index contributed by atoms with van der Waals surface area (Å²) >= 11 is 0. The number of hydrogen-bond acceptors (Lipinski definition) is 7. The predicted molar refractivity (Wildman–Crippen MR) is 152 cm³/mol. The molecule has 3 aliphatic heterocycles. The largest absolute Gasteiger partial charge is 0.462 e. The molecule has 3 aliphatic rings. The van der Waals surface area contributed by atoms with Gasteiger partial charge in [-0.25, -0.2) is 9.59 Å². The number of ether oxygens (including phenoxy) is 2. The van der Waals surface area contributed by atoms with Crippen LogP contribution in [0.1, 0.15) is 37.3 Å². The highest BCUT2D eigenvalue weighted by atomic mass is 16.7. The summed E-state index contributed by atoms with van der Waals surface area (Å²) in [6, 6.07) is 15.0. The summed E-state index contributed by atoms with van der Waals surface area (Å²) < 4.78 is 11.2. The van der Waals surface area contributed by atoms with Gasteiger partial charge in [0.1, 0.15) is 11.9 Å². The summed E-state index contributed by atoms with van der Waals surface area (Å²) in [6.45, 7) is 3.53. The van der Waals surface area contributed by atoms with Gasteiger partial charge in [0.05, 0.1) is 18.8 Å². The molecule has 0 aliphatic carbocycles. The summed E-state index contributed by atoms with van der Waals surface area (Å²) in [5.41, 5.74) is 3.01. The lowest BCUT2D eigenvalue weighted by molar-refractivity contribution is -0.240. The van der Waals surface area contributed by atoms with Gasteiger partial charge in [0.15, 0.2) is 0 Å². The van der Waals surface area contributed by atoms with Crippen molar-refractivity contribution in [3.8, 4) is 5.75 Å². The van der Waals surface area contributed by atoms with Crippen molar-refractivity contribution in [2.45, 2.75) is 75.7 Å². The van der Waals surface area contributed by atoms with Gasteiger partial charge in [-0.3, -0.25) is 0 Å². The Balaban J connectivity index is 1.06. The smallest absolute Gasteiger partial charge is 0.322 e. The Morgan fingerprint density at radius 1 is 1.12 bits per heavy atom. The number of aliphatic hydroxyl groups excluding tert-OH is 3. The summed E-state index contributed by atoms with van der Waals surface area (Å²) in [7, 11) is 0. The maximum Gasteiger partial charge on any atom is 0.322 e. The zero-order valence-electron chi connectivity index (χ0n) is 23.3. The minimum atomic E-state index is -1.21. The van der Waals surface area contributed by atoms with Crippen LogP contribution in [0.2, 0.25) is 0 Å². The van der Waals surface area contributed by atoms with Gasteiger partial charge in [-0.1, -0.05) is 30.3 Å². The Morgan fingerprint density at radius 2 is 1.85 bits per heavy atom. The van der Waals surface area contributed by atoms with E-state index in [9.17, 15) is 24.9 Å². The molecule has 5 atom stereocenters. The first-order chi connectivity index (χ1) is 19.8. The van der Waals surface area contributed by atoms with Crippen LogP contribution < -0.4 is 15.4 Å². The van der Waals surface area contributed by atoms with Crippen LogP contribution in [0.15, 0.2) is 48.5 Å². The van der Waals surface area contributed by atoms with Gasteiger partial charge in [-0.2, -0.15) is 0 Å². The summed E-state index contributed by atoms with van der Waals surface area (Å²) in [5.74, 6) is 0.463. The number of piperidine rings is 1. The number of aliphatic hydroxyl groups is 3. The van der Waals surface area contributed by atoms with Crippen molar-refractivity contribution in [3.05, 3.63) is 59.7 Å². The monoisotopic (exact) mass is 568 g/mol. The normalized spacial score (nSPS) is 26.0. The molecule has 2 aromatic carbocycles. The number of para-hydroxylation sites is 1. The lowest BCUT2D eigenvalue weighted by atomic mass is 10.0. The van der Waals surface area contributed by atoms with Gasteiger partial charge >= 0.3 is 12.1 Å². The fourth-order valence-electron chi connectivity index (χ4n) is 5.79. The van der Waals surface area contributed by atoms with Crippen LogP contribution in [0.4, 0.5) is 15.3 Å². The van der Waals surface area contributed by atoms with E-state index >= 15 is 0 Å². The van der Waals surface area contributed by atoms with Gasteiger partial charge in [0.25, 0.3) is 0 Å². The molecular formula is C30H40N4O7. The first-order valence-corrected chi connectivity index (χ1v) is 14.4. The summed E-state index contributed by atoms with van der Waals surface area (Å²) in [6.07, 6.45) is -0.875. The molecule has 0 aromatic heterocycles. The molecule has 4 amide bonds. The van der Waals surface area contributed by atoms with E-state index in [1.165, 1.54) is 0 Å². The number of hydrogen-bond donors (Lipinski definition) is 5. The Bertz CT molecular complexity index is 1190. The Labute approximate surface area is 240 Å². The maximum atomic E-state index is 13.0. The Hall–Kier alpha value is -3.38. The zero-order valence-corrected chi connectivity index (χ0v) is 23.3. The molecule has 11 nitrogen and oxygen atoms in total. The van der Waals surface area contributed by atoms with Crippen LogP contribution in [0.3, 0.4) is 0 Å². The van der Waals surface area contributed by atoms with E-state index < -0.39 is 24.6 Å². The van der Waals surface area contributed by atoms with Crippen molar-refractivity contribution in [1.29, 1.82) is 0 Å². The number of likely N-dealkylation sites (tertiary alicyclic amines) is 1. The maximum absolute atomic E-state index is 13.0. The topological polar surface area (TPSA) is 144 Å². The summed E-state index contributed by atoms with van der Waals surface area (Å²) in [4.78, 5) is 29.6. The van der Waals surface area contributed by atoms with Gasteiger partial charge in [0, 0.05) is 43.8 Å². The number of urea groups is 2. The third-order valence-electron chi connectivity index (χ3n) is 8.13. The predicted octanol–water partition coefficient (Wildman–Crippen LogP) is 2.09. The van der Waals surface area contributed by atoms with Crippen LogP contribution >= 0.6 is 0 Å². The molecule has 4 unspecified atom stereocenters. The fourth-order valence-corrected chi connectivity index (χ4v) is 5.79. The molecule has 0 radical (unpaired) electrons. The molecule has 2 aromatic rings. The molecule has 5 N–H and O–H groups in total. The van der Waals surface area contributed by atoms with Crippen molar-refractivity contribution < 1.29 is 34.4 Å². The van der Waals surface area contributed by atoms with E-state index in [-0.39, 0.29) is 37.2 Å². The molecule has 0 saturated carbocycles. The zero-order chi connectivity index (χ0) is 28.9. The Morgan fingerprint density at radius 3 is 2.59 bits per heavy atom. The minimum Gasteiger partial charge on any atom is -0.462 e. The SMILES string of the molecule is C[C@@H](Cc1ccc(OC2OC(CO)CC(O)C2O)cc1)NC(=O)N1CCC(N2CCc3ccccc3NC2=O)CC1. The van der Waals surface area contributed by atoms with Gasteiger partial charge in [0.2, 0.25) is 6.29 Å². The second-order valence-electron chi connectivity index (χ2n) is 11.2. The van der Waals surface area contributed by atoms with Crippen LogP contribution in [-0.2, 0) is 17.6 Å². The fraction of sp³-hybridized carbons (Fsp3) is 0.533. The van der Waals surface area contributed by atoms with Crippen molar-refractivity contribution in [2.24, 2.45) is 0 Å². The highest BCUT2D eigenvalue weighted by Crippen LogP contribution is 2.26. The van der Waals surface area contributed by atoms with E-state index in [4.69, 9.17) is 9.47 Å². The first-order valence-electron chi connectivity index (χ1n) is 14.4. The number of nitrogens with zero attached hydrogens (tertiary/aromatic N) is 2. The summed E-state index contributed by atoms with van der Waals surface area (Å²) in [5, 5.41) is 35.6. The standard InChI is InChI=1S/C30H40N4O7/c1-19(16-20-6-8-23(9-7-20)40-28-27(37)26(36)17-24(18-35)41-28)31-29(38)33-13-11-22(12-14-33)34-15-10-21-4-2-3-5-25(21)32-30(34)39/h2-9,19,22,24,26-28,35-37H,10-18H2,1H3,(H,31,38)(H,32,39)/t19-,24?,26?,27?,28?/m0/s1. The van der Waals surface area contributed by atoms with Crippen LogP contribution in [0.5, 0.6) is 5.75 Å². The molecular weight excluding hydrogens is 528 g/mol. The number of amides is 4. The second-order valence-corrected chi connectivity index (χ2v) is 11.2. The first kappa shape index (κ1) is 29.1. The van der Waals surface area contributed by atoms with Crippen molar-refractivity contribution in [3.63, 3.8) is 0 Å². The number of anilines is 1. The number of rotatable bonds is 7. The molecule has 2 fully saturated rings. The lowest BCUT2D eigenvalue weighted by Crippen LogP contribution is -2.53. The second kappa shape index (κ2) is 13.1. The molecule has 5 rings (SSSR count). The van der Waals surface area contributed by atoms with Crippen molar-refractivity contribution >= 4 is 17.7 Å². The van der Waals surface area contributed by atoms with Crippen LogP contribution in [-0.4, -0.2) is 100 Å². The van der Waals surface area contributed by atoms with E-state index in [1.807, 2.05) is 53.1 Å². The van der Waals surface area contributed by atoms with E-state index in [0.717, 1.165) is 36.1 Å². The Kier molecular flexibility index (Phi) is 9.29. The average Bonchev–Trinajstić information content (AvgIpc) is 3.14. The molecule has 0 spiro atoms. The van der Waals surface area contributed by atoms with Crippen molar-refractivity contribution in [2.75, 3.05) is 31.6 Å². The van der Waals surface area contributed by atoms with Crippen LogP contribution in [0, 0.1) is 0 Å². The van der Waals surface area contributed by atoms with E-state index in [0.29, 0.717) is 31.8 Å². The number of carbonyl (C=O) groups is 2. The molecule has 222 valence electrons. The van der Waals surface area contributed by atoms with Gasteiger partial charge in [-0.05, 0) is 61.9 Å². The van der Waals surface area contributed by atoms with Crippen LogP contribution in [0.25, 0.3) is 0 Å². The third kappa shape index (κ3) is 7.10. The molecule has 41 heavy (non-hydrogen) atoms. The third-order valence-corrected chi connectivity index (χ3v) is 8.13. The highest BCUT2D eigenvalue weighted by Gasteiger charge is 2.38. The number of fused-ring (bicyclic) bond motifs is 1. The van der Waals surface area contributed by atoms with Gasteiger partial charge < -0.3 is 45.2 Å². The average molecular weight is 569 g/mol. The molecule has 3 heterocycles. The molecule has 0 bridgehead atoms. The molecule has 2 saturated heterocycles. The van der Waals surface area contributed by atoms with Crippen molar-refractivity contribution in [1.82, 2.24) is 15.1 Å². The minimum absolute atomic E-state index is 0.0720. The number of benzene rings is 2. The quantitative estimate of drug-likeness (QED) is 0.344. The number of nitrogens with one attached hydrogen (secondary N) is 2.